The molecule has 0 bridgehead atoms. The molecule has 0 aliphatic rings. The van der Waals surface area contributed by atoms with E-state index in [1.807, 2.05) is 18.2 Å². The first-order chi connectivity index (χ1) is 17.3. The summed E-state index contributed by atoms with van der Waals surface area (Å²) < 4.78 is 11.6. The van der Waals surface area contributed by atoms with Crippen molar-refractivity contribution >= 4 is 52.5 Å². The molecular formula is C28H23Cl3N2O3. The van der Waals surface area contributed by atoms with Crippen LogP contribution in [0.15, 0.2) is 66.8 Å². The fourth-order valence-corrected chi connectivity index (χ4v) is 3.92. The molecule has 0 saturated heterocycles. The van der Waals surface area contributed by atoms with Crippen molar-refractivity contribution in [2.24, 2.45) is 0 Å². The van der Waals surface area contributed by atoms with Gasteiger partial charge in [-0.2, -0.15) is 5.26 Å². The summed E-state index contributed by atoms with van der Waals surface area (Å²) in [5.41, 5.74) is 3.37. The molecule has 36 heavy (non-hydrogen) atoms. The molecule has 5 nitrogen and oxygen atoms in total. The van der Waals surface area contributed by atoms with Crippen LogP contribution < -0.4 is 14.8 Å². The number of rotatable bonds is 9. The van der Waals surface area contributed by atoms with E-state index < -0.39 is 5.91 Å². The topological polar surface area (TPSA) is 71.4 Å². The van der Waals surface area contributed by atoms with Crippen molar-refractivity contribution in [3.63, 3.8) is 0 Å². The molecule has 0 aliphatic carbocycles. The maximum atomic E-state index is 12.8. The monoisotopic (exact) mass is 540 g/mol. The predicted molar refractivity (Wildman–Crippen MR) is 146 cm³/mol. The lowest BCUT2D eigenvalue weighted by molar-refractivity contribution is -0.112. The number of allylic oxidation sites excluding steroid dienone is 1. The van der Waals surface area contributed by atoms with Crippen LogP contribution in [-0.4, -0.2) is 13.0 Å². The molecule has 0 unspecified atom stereocenters. The zero-order valence-corrected chi connectivity index (χ0v) is 22.0. The number of benzene rings is 3. The van der Waals surface area contributed by atoms with Crippen molar-refractivity contribution in [3.05, 3.63) is 104 Å². The van der Waals surface area contributed by atoms with Gasteiger partial charge in [0, 0.05) is 16.3 Å². The van der Waals surface area contributed by atoms with E-state index >= 15 is 0 Å². The van der Waals surface area contributed by atoms with Gasteiger partial charge in [0.1, 0.15) is 18.2 Å². The Morgan fingerprint density at radius 3 is 2.56 bits per heavy atom. The second-order valence-electron chi connectivity index (χ2n) is 7.78. The molecule has 0 aliphatic heterocycles. The summed E-state index contributed by atoms with van der Waals surface area (Å²) in [6.07, 6.45) is 3.70. The second-order valence-corrected chi connectivity index (χ2v) is 9.00. The average Bonchev–Trinajstić information content (AvgIpc) is 2.86. The Balaban J connectivity index is 1.91. The van der Waals surface area contributed by atoms with Crippen LogP contribution in [0.3, 0.4) is 0 Å². The molecule has 8 heteroatoms. The Bertz CT molecular complexity index is 1380. The van der Waals surface area contributed by atoms with Gasteiger partial charge in [0.2, 0.25) is 0 Å². The van der Waals surface area contributed by atoms with Crippen LogP contribution in [-0.2, 0) is 17.8 Å². The first-order valence-corrected chi connectivity index (χ1v) is 12.0. The third-order valence-electron chi connectivity index (χ3n) is 5.30. The van der Waals surface area contributed by atoms with Crippen LogP contribution in [0.5, 0.6) is 11.5 Å². The van der Waals surface area contributed by atoms with Crippen molar-refractivity contribution in [2.45, 2.75) is 20.0 Å². The number of hydrogen-bond donors (Lipinski definition) is 1. The Labute approximate surface area is 225 Å². The second kappa shape index (κ2) is 12.5. The quantitative estimate of drug-likeness (QED) is 0.170. The van der Waals surface area contributed by atoms with Crippen LogP contribution >= 0.6 is 34.8 Å². The molecule has 3 aromatic rings. The lowest BCUT2D eigenvalue weighted by Gasteiger charge is -2.16. The summed E-state index contributed by atoms with van der Waals surface area (Å²) in [4.78, 5) is 12.8. The Morgan fingerprint density at radius 1 is 1.11 bits per heavy atom. The van der Waals surface area contributed by atoms with Gasteiger partial charge in [-0.15, -0.1) is 6.58 Å². The van der Waals surface area contributed by atoms with Crippen LogP contribution in [0.4, 0.5) is 5.69 Å². The Hall–Kier alpha value is -3.43. The normalized spacial score (nSPS) is 10.9. The van der Waals surface area contributed by atoms with Gasteiger partial charge in [0.25, 0.3) is 5.91 Å². The molecule has 0 aromatic heterocycles. The molecule has 1 amide bonds. The minimum atomic E-state index is -0.549. The van der Waals surface area contributed by atoms with Crippen LogP contribution in [0.25, 0.3) is 6.08 Å². The average molecular weight is 542 g/mol. The van der Waals surface area contributed by atoms with Crippen molar-refractivity contribution in [3.8, 4) is 17.6 Å². The molecule has 0 heterocycles. The number of carbonyl (C=O) groups excluding carboxylic acids is 1. The van der Waals surface area contributed by atoms with E-state index in [1.165, 1.54) is 13.2 Å². The lowest BCUT2D eigenvalue weighted by Crippen LogP contribution is -2.14. The van der Waals surface area contributed by atoms with Crippen molar-refractivity contribution in [1.82, 2.24) is 0 Å². The lowest BCUT2D eigenvalue weighted by atomic mass is 10.0. The van der Waals surface area contributed by atoms with Gasteiger partial charge in [-0.1, -0.05) is 53.0 Å². The van der Waals surface area contributed by atoms with E-state index in [2.05, 4.69) is 11.9 Å². The standard InChI is InChI=1S/C28H23Cl3N2O3/c1-4-6-20-11-19(12-21(15-32)28(34)33-25-8-5-7-22(29)17(25)2)14-26(35-3)27(20)36-16-18-9-10-23(30)24(31)13-18/h4-5,7-14H,1,6,16H2,2-3H3,(H,33,34)/b21-12+. The first kappa shape index (κ1) is 27.2. The minimum absolute atomic E-state index is 0.0783. The number of carbonyl (C=O) groups is 1. The Kier molecular flexibility index (Phi) is 9.44. The molecule has 3 rings (SSSR count). The zero-order chi connectivity index (χ0) is 26.2. The third kappa shape index (κ3) is 6.61. The van der Waals surface area contributed by atoms with Gasteiger partial charge < -0.3 is 14.8 Å². The highest BCUT2D eigenvalue weighted by Gasteiger charge is 2.16. The van der Waals surface area contributed by atoms with Gasteiger partial charge in [0.15, 0.2) is 11.5 Å². The summed E-state index contributed by atoms with van der Waals surface area (Å²) in [6, 6.07) is 15.9. The number of hydrogen-bond acceptors (Lipinski definition) is 4. The van der Waals surface area contributed by atoms with Crippen molar-refractivity contribution in [2.75, 3.05) is 12.4 Å². The fraction of sp³-hybridized carbons (Fsp3) is 0.143. The fourth-order valence-electron chi connectivity index (χ4n) is 3.42. The van der Waals surface area contributed by atoms with E-state index in [0.29, 0.717) is 49.8 Å². The zero-order valence-electron chi connectivity index (χ0n) is 19.7. The highest BCUT2D eigenvalue weighted by molar-refractivity contribution is 6.42. The van der Waals surface area contributed by atoms with Gasteiger partial charge in [0.05, 0.1) is 17.2 Å². The number of ether oxygens (including phenoxy) is 2. The minimum Gasteiger partial charge on any atom is -0.493 e. The van der Waals surface area contributed by atoms with Crippen molar-refractivity contribution in [1.29, 1.82) is 5.26 Å². The number of nitriles is 1. The summed E-state index contributed by atoms with van der Waals surface area (Å²) in [5, 5.41) is 13.8. The molecule has 184 valence electrons. The largest absolute Gasteiger partial charge is 0.493 e. The van der Waals surface area contributed by atoms with Crippen molar-refractivity contribution < 1.29 is 14.3 Å². The highest BCUT2D eigenvalue weighted by Crippen LogP contribution is 2.35. The highest BCUT2D eigenvalue weighted by atomic mass is 35.5. The number of nitrogens with zero attached hydrogens (tertiary/aromatic N) is 1. The SMILES string of the molecule is C=CCc1cc(/C=C(\C#N)C(=O)Nc2cccc(Cl)c2C)cc(OC)c1OCc1ccc(Cl)c(Cl)c1. The number of methoxy groups -OCH3 is 1. The molecule has 0 spiro atoms. The van der Waals surface area contributed by atoms with E-state index in [4.69, 9.17) is 44.3 Å². The molecule has 0 saturated carbocycles. The number of nitrogens with one attached hydrogen (secondary N) is 1. The van der Waals surface area contributed by atoms with Crippen LogP contribution in [0, 0.1) is 18.3 Å². The maximum Gasteiger partial charge on any atom is 0.266 e. The smallest absolute Gasteiger partial charge is 0.266 e. The van der Waals surface area contributed by atoms with Crippen LogP contribution in [0.2, 0.25) is 15.1 Å². The van der Waals surface area contributed by atoms with Gasteiger partial charge in [-0.25, -0.2) is 0 Å². The molecule has 0 radical (unpaired) electrons. The first-order valence-electron chi connectivity index (χ1n) is 10.8. The maximum absolute atomic E-state index is 12.8. The number of anilines is 1. The molecule has 1 N–H and O–H groups in total. The number of halogens is 3. The van der Waals surface area contributed by atoms with E-state index in [-0.39, 0.29) is 12.2 Å². The summed E-state index contributed by atoms with van der Waals surface area (Å²) >= 11 is 18.2. The van der Waals surface area contributed by atoms with E-state index in [9.17, 15) is 10.1 Å². The summed E-state index contributed by atoms with van der Waals surface area (Å²) in [6.45, 7) is 5.84. The summed E-state index contributed by atoms with van der Waals surface area (Å²) in [7, 11) is 1.52. The van der Waals surface area contributed by atoms with Gasteiger partial charge >= 0.3 is 0 Å². The Morgan fingerprint density at radius 2 is 1.89 bits per heavy atom. The van der Waals surface area contributed by atoms with Gasteiger partial charge in [-0.05, 0) is 72.5 Å². The molecule has 0 atom stereocenters. The molecule has 0 fully saturated rings. The molecular weight excluding hydrogens is 519 g/mol. The predicted octanol–water partition coefficient (Wildman–Crippen LogP) is 7.82. The van der Waals surface area contributed by atoms with Crippen LogP contribution in [0.1, 0.15) is 22.3 Å². The summed E-state index contributed by atoms with van der Waals surface area (Å²) in [5.74, 6) is 0.425. The van der Waals surface area contributed by atoms with E-state index in [0.717, 1.165) is 11.1 Å². The third-order valence-corrected chi connectivity index (χ3v) is 6.45. The molecule has 3 aromatic carbocycles. The number of amides is 1. The van der Waals surface area contributed by atoms with Gasteiger partial charge in [-0.3, -0.25) is 4.79 Å². The van der Waals surface area contributed by atoms with E-state index in [1.54, 1.807) is 49.4 Å².